The Hall–Kier alpha value is -3.35. The first-order chi connectivity index (χ1) is 14.7. The number of aromatic amines is 2. The van der Waals surface area contributed by atoms with Crippen LogP contribution in [0.3, 0.4) is 0 Å². The fourth-order valence-corrected chi connectivity index (χ4v) is 3.96. The Bertz CT molecular complexity index is 1370. The van der Waals surface area contributed by atoms with Gasteiger partial charge in [0.05, 0.1) is 28.7 Å². The van der Waals surface area contributed by atoms with Gasteiger partial charge < -0.3 is 15.3 Å². The summed E-state index contributed by atoms with van der Waals surface area (Å²) in [6, 6.07) is 24.1. The number of rotatable bonds is 5. The molecule has 5 aromatic rings. The van der Waals surface area contributed by atoms with Gasteiger partial charge in [-0.15, -0.1) is 0 Å². The molecule has 5 rings (SSSR count). The molecule has 0 aliphatic rings. The number of fused-ring (bicyclic) bond motifs is 1. The monoisotopic (exact) mass is 431 g/mol. The molecular weight excluding hydrogens is 414 g/mol. The van der Waals surface area contributed by atoms with E-state index in [1.165, 1.54) is 5.56 Å². The number of anilines is 1. The molecule has 7 heteroatoms. The topological polar surface area (TPSA) is 61.4 Å². The Morgan fingerprint density at radius 2 is 1.80 bits per heavy atom. The zero-order valence-electron chi connectivity index (χ0n) is 15.9. The van der Waals surface area contributed by atoms with Gasteiger partial charge in [-0.05, 0) is 48.1 Å². The van der Waals surface area contributed by atoms with Crippen molar-refractivity contribution in [2.75, 3.05) is 5.32 Å². The van der Waals surface area contributed by atoms with E-state index in [1.807, 2.05) is 65.2 Å². The van der Waals surface area contributed by atoms with Crippen molar-refractivity contribution in [1.82, 2.24) is 19.5 Å². The van der Waals surface area contributed by atoms with Gasteiger partial charge in [-0.25, -0.2) is 4.98 Å². The predicted octanol–water partition coefficient (Wildman–Crippen LogP) is 6.34. The molecular formula is C23H18ClN5S. The lowest BCUT2D eigenvalue weighted by Gasteiger charge is -2.12. The standard InChI is InChI=1S/C23H18ClN5S/c24-17-8-6-16(7-9-17)21-22(25-13-15-4-2-1-3-5-15)28-23(30)29(21)18-10-11-19-20(12-18)27-14-26-19/h1-12,14,25H,13H2,(H,26,27)(H,28,30). The summed E-state index contributed by atoms with van der Waals surface area (Å²) in [6.45, 7) is 0.677. The second-order valence-corrected chi connectivity index (χ2v) is 7.76. The molecule has 0 radical (unpaired) electrons. The molecule has 3 aromatic carbocycles. The molecule has 3 N–H and O–H groups in total. The molecule has 0 spiro atoms. The van der Waals surface area contributed by atoms with Crippen LogP contribution < -0.4 is 5.32 Å². The van der Waals surface area contributed by atoms with Gasteiger partial charge in [0.2, 0.25) is 0 Å². The molecule has 148 valence electrons. The van der Waals surface area contributed by atoms with Gasteiger partial charge in [0.1, 0.15) is 5.82 Å². The second kappa shape index (κ2) is 7.82. The van der Waals surface area contributed by atoms with E-state index in [0.717, 1.165) is 33.8 Å². The summed E-state index contributed by atoms with van der Waals surface area (Å²) in [7, 11) is 0. The van der Waals surface area contributed by atoms with Crippen LogP contribution in [0.1, 0.15) is 5.56 Å². The molecule has 2 heterocycles. The van der Waals surface area contributed by atoms with E-state index in [0.29, 0.717) is 16.3 Å². The smallest absolute Gasteiger partial charge is 0.183 e. The lowest BCUT2D eigenvalue weighted by atomic mass is 10.1. The van der Waals surface area contributed by atoms with Crippen LogP contribution in [0.4, 0.5) is 5.82 Å². The molecule has 0 unspecified atom stereocenters. The highest BCUT2D eigenvalue weighted by atomic mass is 35.5. The zero-order valence-corrected chi connectivity index (χ0v) is 17.5. The molecule has 0 aliphatic carbocycles. The number of nitrogens with zero attached hydrogens (tertiary/aromatic N) is 2. The molecule has 0 saturated carbocycles. The van der Waals surface area contributed by atoms with Gasteiger partial charge in [-0.3, -0.25) is 4.57 Å². The summed E-state index contributed by atoms with van der Waals surface area (Å²) in [6.07, 6.45) is 1.69. The fraction of sp³-hybridized carbons (Fsp3) is 0.0435. The van der Waals surface area contributed by atoms with E-state index in [2.05, 4.69) is 32.4 Å². The minimum absolute atomic E-state index is 0.606. The number of imidazole rings is 2. The van der Waals surface area contributed by atoms with Crippen LogP contribution in [0.5, 0.6) is 0 Å². The maximum absolute atomic E-state index is 6.13. The third kappa shape index (κ3) is 3.51. The summed E-state index contributed by atoms with van der Waals surface area (Å²) >= 11 is 11.8. The highest BCUT2D eigenvalue weighted by molar-refractivity contribution is 7.71. The van der Waals surface area contributed by atoms with E-state index in [9.17, 15) is 0 Å². The van der Waals surface area contributed by atoms with Crippen molar-refractivity contribution in [3.63, 3.8) is 0 Å². The van der Waals surface area contributed by atoms with Gasteiger partial charge in [-0.1, -0.05) is 54.1 Å². The van der Waals surface area contributed by atoms with Crippen molar-refractivity contribution in [1.29, 1.82) is 0 Å². The number of nitrogens with one attached hydrogen (secondary N) is 3. The highest BCUT2D eigenvalue weighted by Crippen LogP contribution is 2.32. The van der Waals surface area contributed by atoms with Crippen LogP contribution in [0.2, 0.25) is 5.02 Å². The first-order valence-corrected chi connectivity index (χ1v) is 10.3. The summed E-state index contributed by atoms with van der Waals surface area (Å²) < 4.78 is 2.64. The number of benzene rings is 3. The predicted molar refractivity (Wildman–Crippen MR) is 125 cm³/mol. The number of hydrogen-bond acceptors (Lipinski definition) is 3. The second-order valence-electron chi connectivity index (χ2n) is 6.94. The average molecular weight is 432 g/mol. The first-order valence-electron chi connectivity index (χ1n) is 9.51. The molecule has 0 fully saturated rings. The Labute approximate surface area is 183 Å². The van der Waals surface area contributed by atoms with Crippen LogP contribution in [-0.4, -0.2) is 19.5 Å². The molecule has 2 aromatic heterocycles. The lowest BCUT2D eigenvalue weighted by Crippen LogP contribution is -2.03. The van der Waals surface area contributed by atoms with Crippen molar-refractivity contribution in [2.45, 2.75) is 6.54 Å². The Morgan fingerprint density at radius 3 is 2.60 bits per heavy atom. The first kappa shape index (κ1) is 18.7. The van der Waals surface area contributed by atoms with Gasteiger partial charge >= 0.3 is 0 Å². The van der Waals surface area contributed by atoms with Crippen molar-refractivity contribution >= 4 is 40.7 Å². The van der Waals surface area contributed by atoms with Gasteiger partial charge in [0.15, 0.2) is 4.77 Å². The molecule has 0 atom stereocenters. The SMILES string of the molecule is S=c1[nH]c(NCc2ccccc2)c(-c2ccc(Cl)cc2)n1-c1ccc2nc[nH]c2c1. The molecule has 5 nitrogen and oxygen atoms in total. The Morgan fingerprint density at radius 1 is 1.00 bits per heavy atom. The van der Waals surface area contributed by atoms with Crippen molar-refractivity contribution in [3.8, 4) is 16.9 Å². The van der Waals surface area contributed by atoms with Crippen LogP contribution in [0.25, 0.3) is 28.0 Å². The van der Waals surface area contributed by atoms with Crippen LogP contribution >= 0.6 is 23.8 Å². The van der Waals surface area contributed by atoms with E-state index >= 15 is 0 Å². The zero-order chi connectivity index (χ0) is 20.5. The van der Waals surface area contributed by atoms with Crippen LogP contribution in [0, 0.1) is 4.77 Å². The van der Waals surface area contributed by atoms with E-state index in [1.54, 1.807) is 6.33 Å². The number of aromatic nitrogens is 4. The van der Waals surface area contributed by atoms with Crippen LogP contribution in [0.15, 0.2) is 79.1 Å². The number of hydrogen-bond donors (Lipinski definition) is 3. The van der Waals surface area contributed by atoms with Crippen LogP contribution in [-0.2, 0) is 6.54 Å². The maximum atomic E-state index is 6.13. The fourth-order valence-electron chi connectivity index (χ4n) is 3.54. The van der Waals surface area contributed by atoms with Gasteiger partial charge in [0, 0.05) is 17.1 Å². The summed E-state index contributed by atoms with van der Waals surface area (Å²) in [5, 5.41) is 4.20. The van der Waals surface area contributed by atoms with E-state index in [-0.39, 0.29) is 0 Å². The number of H-pyrrole nitrogens is 2. The Kier molecular flexibility index (Phi) is 4.86. The highest BCUT2D eigenvalue weighted by Gasteiger charge is 2.16. The van der Waals surface area contributed by atoms with Crippen molar-refractivity contribution < 1.29 is 0 Å². The van der Waals surface area contributed by atoms with Crippen molar-refractivity contribution in [3.05, 3.63) is 94.5 Å². The third-order valence-electron chi connectivity index (χ3n) is 4.99. The molecule has 0 bridgehead atoms. The molecule has 30 heavy (non-hydrogen) atoms. The largest absolute Gasteiger partial charge is 0.366 e. The lowest BCUT2D eigenvalue weighted by molar-refractivity contribution is 1.04. The summed E-state index contributed by atoms with van der Waals surface area (Å²) in [4.78, 5) is 10.8. The Balaban J connectivity index is 1.64. The van der Waals surface area contributed by atoms with Gasteiger partial charge in [-0.2, -0.15) is 0 Å². The average Bonchev–Trinajstić information content (AvgIpc) is 3.37. The minimum atomic E-state index is 0.606. The normalized spacial score (nSPS) is 11.1. The number of halogens is 1. The van der Waals surface area contributed by atoms with Gasteiger partial charge in [0.25, 0.3) is 0 Å². The minimum Gasteiger partial charge on any atom is -0.366 e. The molecule has 0 aliphatic heterocycles. The summed E-state index contributed by atoms with van der Waals surface area (Å²) in [5.41, 5.74) is 5.96. The van der Waals surface area contributed by atoms with E-state index in [4.69, 9.17) is 23.8 Å². The van der Waals surface area contributed by atoms with Crippen molar-refractivity contribution in [2.24, 2.45) is 0 Å². The van der Waals surface area contributed by atoms with E-state index < -0.39 is 0 Å². The third-order valence-corrected chi connectivity index (χ3v) is 5.52. The molecule has 0 amide bonds. The maximum Gasteiger partial charge on any atom is 0.183 e. The summed E-state index contributed by atoms with van der Waals surface area (Å²) in [5.74, 6) is 0.857. The molecule has 0 saturated heterocycles. The quantitative estimate of drug-likeness (QED) is 0.284.